The molecule has 1 aliphatic carbocycles. The zero-order valence-electron chi connectivity index (χ0n) is 9.20. The number of pyridine rings is 1. The van der Waals surface area contributed by atoms with Crippen LogP contribution in [0.1, 0.15) is 31.0 Å². The van der Waals surface area contributed by atoms with Gasteiger partial charge >= 0.3 is 0 Å². The van der Waals surface area contributed by atoms with Crippen molar-refractivity contribution in [3.05, 3.63) is 36.2 Å². The van der Waals surface area contributed by atoms with Crippen LogP contribution in [0.5, 0.6) is 0 Å². The molecule has 1 saturated carbocycles. The van der Waals surface area contributed by atoms with Crippen molar-refractivity contribution in [2.75, 3.05) is 6.61 Å². The molecule has 0 N–H and O–H groups in total. The minimum atomic E-state index is 0.655. The lowest BCUT2D eigenvalue weighted by atomic mass is 10.1. The molecule has 2 heteroatoms. The van der Waals surface area contributed by atoms with Crippen LogP contribution in [0.2, 0.25) is 0 Å². The van der Waals surface area contributed by atoms with Gasteiger partial charge in [-0.25, -0.2) is 0 Å². The first-order valence-corrected chi connectivity index (χ1v) is 5.56. The SMILES string of the molecule is C=C(OCC)c1ccc(CC2CC2)nc1. The number of hydrogen-bond acceptors (Lipinski definition) is 2. The molecule has 1 heterocycles. The summed E-state index contributed by atoms with van der Waals surface area (Å²) in [4.78, 5) is 4.42. The molecule has 0 spiro atoms. The van der Waals surface area contributed by atoms with Gasteiger partial charge in [-0.1, -0.05) is 6.58 Å². The van der Waals surface area contributed by atoms with Gasteiger partial charge < -0.3 is 4.74 Å². The molecular weight excluding hydrogens is 186 g/mol. The second-order valence-electron chi connectivity index (χ2n) is 4.04. The van der Waals surface area contributed by atoms with Gasteiger partial charge in [0.25, 0.3) is 0 Å². The number of nitrogens with zero attached hydrogens (tertiary/aromatic N) is 1. The summed E-state index contributed by atoms with van der Waals surface area (Å²) in [5.41, 5.74) is 2.17. The highest BCUT2D eigenvalue weighted by molar-refractivity contribution is 5.56. The Morgan fingerprint density at radius 2 is 2.33 bits per heavy atom. The minimum Gasteiger partial charge on any atom is -0.494 e. The van der Waals surface area contributed by atoms with Crippen LogP contribution in [0.4, 0.5) is 0 Å². The summed E-state index contributed by atoms with van der Waals surface area (Å²) in [5.74, 6) is 1.60. The molecule has 1 fully saturated rings. The van der Waals surface area contributed by atoms with Crippen LogP contribution in [0.3, 0.4) is 0 Å². The van der Waals surface area contributed by atoms with E-state index in [1.54, 1.807) is 0 Å². The molecule has 0 saturated heterocycles. The van der Waals surface area contributed by atoms with Crippen LogP contribution in [-0.4, -0.2) is 11.6 Å². The Hall–Kier alpha value is -1.31. The van der Waals surface area contributed by atoms with E-state index in [-0.39, 0.29) is 0 Å². The fraction of sp³-hybridized carbons (Fsp3) is 0.462. The average Bonchev–Trinajstić information content (AvgIpc) is 3.03. The number of hydrogen-bond donors (Lipinski definition) is 0. The molecule has 15 heavy (non-hydrogen) atoms. The third-order valence-electron chi connectivity index (χ3n) is 2.66. The number of aromatic nitrogens is 1. The Morgan fingerprint density at radius 1 is 1.53 bits per heavy atom. The molecule has 1 aliphatic rings. The van der Waals surface area contributed by atoms with E-state index in [0.29, 0.717) is 12.4 Å². The highest BCUT2D eigenvalue weighted by Crippen LogP contribution is 2.32. The van der Waals surface area contributed by atoms with Gasteiger partial charge in [-0.2, -0.15) is 0 Å². The smallest absolute Gasteiger partial charge is 0.120 e. The van der Waals surface area contributed by atoms with Crippen LogP contribution < -0.4 is 0 Å². The van der Waals surface area contributed by atoms with Crippen LogP contribution in [0.15, 0.2) is 24.9 Å². The third-order valence-corrected chi connectivity index (χ3v) is 2.66. The van der Waals surface area contributed by atoms with E-state index in [2.05, 4.69) is 17.6 Å². The van der Waals surface area contributed by atoms with E-state index in [0.717, 1.165) is 17.9 Å². The van der Waals surface area contributed by atoms with E-state index in [4.69, 9.17) is 4.74 Å². The average molecular weight is 203 g/mol. The van der Waals surface area contributed by atoms with Crippen molar-refractivity contribution in [3.8, 4) is 0 Å². The lowest BCUT2D eigenvalue weighted by molar-refractivity contribution is 0.299. The summed E-state index contributed by atoms with van der Waals surface area (Å²) in [6, 6.07) is 4.13. The molecule has 0 aliphatic heterocycles. The zero-order chi connectivity index (χ0) is 10.7. The highest BCUT2D eigenvalue weighted by atomic mass is 16.5. The van der Waals surface area contributed by atoms with Crippen molar-refractivity contribution >= 4 is 5.76 Å². The van der Waals surface area contributed by atoms with Crippen molar-refractivity contribution in [1.82, 2.24) is 4.98 Å². The van der Waals surface area contributed by atoms with E-state index < -0.39 is 0 Å². The molecule has 0 radical (unpaired) electrons. The second kappa shape index (κ2) is 4.47. The molecule has 80 valence electrons. The van der Waals surface area contributed by atoms with Crippen molar-refractivity contribution in [1.29, 1.82) is 0 Å². The maximum Gasteiger partial charge on any atom is 0.120 e. The van der Waals surface area contributed by atoms with Gasteiger partial charge in [-0.3, -0.25) is 4.98 Å². The normalized spacial score (nSPS) is 15.0. The van der Waals surface area contributed by atoms with Crippen molar-refractivity contribution in [2.45, 2.75) is 26.2 Å². The van der Waals surface area contributed by atoms with Gasteiger partial charge in [-0.15, -0.1) is 0 Å². The van der Waals surface area contributed by atoms with Crippen LogP contribution >= 0.6 is 0 Å². The van der Waals surface area contributed by atoms with Gasteiger partial charge in [0.1, 0.15) is 5.76 Å². The predicted octanol–water partition coefficient (Wildman–Crippen LogP) is 3.04. The van der Waals surface area contributed by atoms with E-state index in [1.165, 1.54) is 18.5 Å². The Labute approximate surface area is 91.0 Å². The van der Waals surface area contributed by atoms with Crippen LogP contribution in [0.25, 0.3) is 5.76 Å². The quantitative estimate of drug-likeness (QED) is 0.686. The maximum atomic E-state index is 5.33. The molecule has 0 amide bonds. The van der Waals surface area contributed by atoms with Gasteiger partial charge in [-0.05, 0) is 44.2 Å². The van der Waals surface area contributed by atoms with Gasteiger partial charge in [0, 0.05) is 17.5 Å². The highest BCUT2D eigenvalue weighted by Gasteiger charge is 2.21. The summed E-state index contributed by atoms with van der Waals surface area (Å²) >= 11 is 0. The molecule has 0 aromatic carbocycles. The Bertz CT molecular complexity index is 338. The van der Waals surface area contributed by atoms with Gasteiger partial charge in [0.2, 0.25) is 0 Å². The summed E-state index contributed by atoms with van der Waals surface area (Å²) in [6.07, 6.45) is 5.72. The number of rotatable bonds is 5. The second-order valence-corrected chi connectivity index (χ2v) is 4.04. The molecule has 2 nitrogen and oxygen atoms in total. The first-order valence-electron chi connectivity index (χ1n) is 5.56. The van der Waals surface area contributed by atoms with Gasteiger partial charge in [0.15, 0.2) is 0 Å². The van der Waals surface area contributed by atoms with E-state index in [9.17, 15) is 0 Å². The van der Waals surface area contributed by atoms with Crippen molar-refractivity contribution < 1.29 is 4.74 Å². The van der Waals surface area contributed by atoms with E-state index in [1.807, 2.05) is 19.2 Å². The van der Waals surface area contributed by atoms with Crippen molar-refractivity contribution in [3.63, 3.8) is 0 Å². The Kier molecular flexibility index (Phi) is 3.05. The standard InChI is InChI=1S/C13H17NO/c1-3-15-10(2)12-6-7-13(14-9-12)8-11-4-5-11/h6-7,9,11H,2-5,8H2,1H3. The Balaban J connectivity index is 1.99. The van der Waals surface area contributed by atoms with E-state index >= 15 is 0 Å². The maximum absolute atomic E-state index is 5.33. The fourth-order valence-electron chi connectivity index (χ4n) is 1.59. The molecule has 0 atom stereocenters. The summed E-state index contributed by atoms with van der Waals surface area (Å²) in [7, 11) is 0. The Morgan fingerprint density at radius 3 is 2.87 bits per heavy atom. The summed E-state index contributed by atoms with van der Waals surface area (Å²) < 4.78 is 5.33. The molecule has 2 rings (SSSR count). The van der Waals surface area contributed by atoms with Gasteiger partial charge in [0.05, 0.1) is 6.61 Å². The third kappa shape index (κ3) is 2.82. The summed E-state index contributed by atoms with van der Waals surface area (Å²) in [5, 5.41) is 0. The first-order chi connectivity index (χ1) is 7.29. The molecular formula is C13H17NO. The van der Waals surface area contributed by atoms with Crippen molar-refractivity contribution in [2.24, 2.45) is 5.92 Å². The molecule has 0 bridgehead atoms. The van der Waals surface area contributed by atoms with Crippen LogP contribution in [-0.2, 0) is 11.2 Å². The number of ether oxygens (including phenoxy) is 1. The van der Waals surface area contributed by atoms with Crippen LogP contribution in [0, 0.1) is 5.92 Å². The molecule has 1 aromatic rings. The minimum absolute atomic E-state index is 0.655. The summed E-state index contributed by atoms with van der Waals surface area (Å²) in [6.45, 7) is 6.47. The lowest BCUT2D eigenvalue weighted by Crippen LogP contribution is -1.95. The first kappa shape index (κ1) is 10.2. The lowest BCUT2D eigenvalue weighted by Gasteiger charge is -2.06. The largest absolute Gasteiger partial charge is 0.494 e. The predicted molar refractivity (Wildman–Crippen MR) is 61.3 cm³/mol. The molecule has 0 unspecified atom stereocenters. The topological polar surface area (TPSA) is 22.1 Å². The zero-order valence-corrected chi connectivity index (χ0v) is 9.20. The molecule has 1 aromatic heterocycles. The fourth-order valence-corrected chi connectivity index (χ4v) is 1.59. The monoisotopic (exact) mass is 203 g/mol.